The van der Waals surface area contributed by atoms with Crippen LogP contribution in [0.5, 0.6) is 5.75 Å². The van der Waals surface area contributed by atoms with Crippen LogP contribution in [0.3, 0.4) is 0 Å². The van der Waals surface area contributed by atoms with Crippen molar-refractivity contribution in [1.82, 2.24) is 24.5 Å². The normalized spacial score (nSPS) is 10.7. The van der Waals surface area contributed by atoms with Gasteiger partial charge in [0.15, 0.2) is 12.4 Å². The first-order chi connectivity index (χ1) is 16.7. The molecule has 0 fully saturated rings. The number of ether oxygens (including phenoxy) is 1. The zero-order chi connectivity index (χ0) is 23.2. The molecule has 5 aromatic rings. The molecule has 2 aromatic heterocycles. The Morgan fingerprint density at radius 3 is 2.26 bits per heavy atom. The van der Waals surface area contributed by atoms with Crippen molar-refractivity contribution in [2.24, 2.45) is 0 Å². The van der Waals surface area contributed by atoms with Gasteiger partial charge in [0.25, 0.3) is 5.91 Å². The molecule has 34 heavy (non-hydrogen) atoms. The van der Waals surface area contributed by atoms with Crippen molar-refractivity contribution in [2.75, 3.05) is 5.32 Å². The summed E-state index contributed by atoms with van der Waals surface area (Å²) in [4.78, 5) is 16.7. The van der Waals surface area contributed by atoms with Crippen LogP contribution in [0.15, 0.2) is 104 Å². The second-order valence-electron chi connectivity index (χ2n) is 7.61. The average molecular weight is 451 g/mol. The zero-order valence-corrected chi connectivity index (χ0v) is 18.3. The summed E-state index contributed by atoms with van der Waals surface area (Å²) in [5.74, 6) is 0.558. The molecular formula is C26H22N6O2. The van der Waals surface area contributed by atoms with Crippen LogP contribution in [0.4, 0.5) is 5.95 Å². The molecule has 8 nitrogen and oxygen atoms in total. The third-order valence-corrected chi connectivity index (χ3v) is 5.15. The number of hydrogen-bond donors (Lipinski definition) is 1. The summed E-state index contributed by atoms with van der Waals surface area (Å²) in [6.45, 7) is 0.754. The predicted molar refractivity (Wildman–Crippen MR) is 128 cm³/mol. The molecule has 0 radical (unpaired) electrons. The maximum Gasteiger partial charge on any atom is 0.278 e. The molecule has 0 aliphatic rings. The summed E-state index contributed by atoms with van der Waals surface area (Å²) in [5, 5.41) is 11.3. The van der Waals surface area contributed by atoms with Crippen LogP contribution in [0.25, 0.3) is 11.1 Å². The first kappa shape index (κ1) is 21.1. The van der Waals surface area contributed by atoms with Crippen molar-refractivity contribution in [2.45, 2.75) is 13.3 Å². The van der Waals surface area contributed by atoms with Crippen LogP contribution in [-0.2, 0) is 13.3 Å². The van der Waals surface area contributed by atoms with E-state index in [0.717, 1.165) is 16.7 Å². The highest BCUT2D eigenvalue weighted by Gasteiger charge is 2.13. The lowest BCUT2D eigenvalue weighted by Crippen LogP contribution is -2.15. The number of rotatable bonds is 8. The number of carbonyl (C=O) groups excluding carboxylic acids is 1. The number of hydrogen-bond acceptors (Lipinski definition) is 5. The topological polar surface area (TPSA) is 86.9 Å². The molecule has 0 spiro atoms. The molecule has 0 saturated heterocycles. The Morgan fingerprint density at radius 1 is 0.794 bits per heavy atom. The Labute approximate surface area is 196 Å². The van der Waals surface area contributed by atoms with Gasteiger partial charge in [0, 0.05) is 6.20 Å². The first-order valence-corrected chi connectivity index (χ1v) is 10.8. The molecule has 0 aliphatic heterocycles. The Balaban J connectivity index is 1.15. The van der Waals surface area contributed by atoms with Crippen molar-refractivity contribution in [1.29, 1.82) is 0 Å². The minimum Gasteiger partial charge on any atom is -0.471 e. The van der Waals surface area contributed by atoms with E-state index in [1.54, 1.807) is 28.0 Å². The van der Waals surface area contributed by atoms with E-state index in [1.165, 1.54) is 0 Å². The smallest absolute Gasteiger partial charge is 0.278 e. The molecule has 0 bridgehead atoms. The van der Waals surface area contributed by atoms with Gasteiger partial charge in [0.2, 0.25) is 5.95 Å². The summed E-state index contributed by atoms with van der Waals surface area (Å²) in [6, 6.07) is 29.5. The Kier molecular flexibility index (Phi) is 6.11. The summed E-state index contributed by atoms with van der Waals surface area (Å²) >= 11 is 0. The second-order valence-corrected chi connectivity index (χ2v) is 7.61. The third-order valence-electron chi connectivity index (χ3n) is 5.15. The minimum absolute atomic E-state index is 0.182. The number of nitrogens with one attached hydrogen (secondary N) is 1. The van der Waals surface area contributed by atoms with E-state index in [2.05, 4.69) is 32.6 Å². The van der Waals surface area contributed by atoms with Gasteiger partial charge >= 0.3 is 0 Å². The fourth-order valence-electron chi connectivity index (χ4n) is 3.43. The van der Waals surface area contributed by atoms with Crippen LogP contribution in [0, 0.1) is 0 Å². The van der Waals surface area contributed by atoms with E-state index in [4.69, 9.17) is 4.74 Å². The van der Waals surface area contributed by atoms with Gasteiger partial charge in [-0.05, 0) is 34.9 Å². The van der Waals surface area contributed by atoms with Gasteiger partial charge < -0.3 is 4.74 Å². The fraction of sp³-hybridized carbons (Fsp3) is 0.0769. The van der Waals surface area contributed by atoms with Crippen LogP contribution in [0.1, 0.15) is 16.1 Å². The molecule has 3 aromatic carbocycles. The molecule has 0 aliphatic carbocycles. The van der Waals surface area contributed by atoms with E-state index in [9.17, 15) is 4.79 Å². The molecule has 168 valence electrons. The quantitative estimate of drug-likeness (QED) is 0.377. The predicted octanol–water partition coefficient (Wildman–Crippen LogP) is 4.48. The fourth-order valence-corrected chi connectivity index (χ4v) is 3.43. The first-order valence-electron chi connectivity index (χ1n) is 10.8. The van der Waals surface area contributed by atoms with Crippen molar-refractivity contribution in [3.8, 4) is 16.9 Å². The highest BCUT2D eigenvalue weighted by Crippen LogP contribution is 2.22. The number of aromatic nitrogens is 5. The number of benzene rings is 3. The summed E-state index contributed by atoms with van der Waals surface area (Å²) in [6.07, 6.45) is 3.27. The monoisotopic (exact) mass is 450 g/mol. The van der Waals surface area contributed by atoms with Crippen LogP contribution >= 0.6 is 0 Å². The molecule has 0 saturated carbocycles. The largest absolute Gasteiger partial charge is 0.471 e. The molecule has 1 amide bonds. The van der Waals surface area contributed by atoms with Gasteiger partial charge in [-0.2, -0.15) is 5.10 Å². The van der Waals surface area contributed by atoms with E-state index in [1.807, 2.05) is 72.8 Å². The van der Waals surface area contributed by atoms with Crippen LogP contribution in [-0.4, -0.2) is 30.5 Å². The van der Waals surface area contributed by atoms with Crippen molar-refractivity contribution >= 4 is 11.9 Å². The Bertz CT molecular complexity index is 1360. The van der Waals surface area contributed by atoms with Gasteiger partial charge in [-0.3, -0.25) is 10.1 Å². The standard InChI is InChI=1S/C26H22N6O2/c33-25(28-26-27-18-32(30-26)17-20-7-3-1-4-8-20)24-15-16-31(29-24)19-34-23-13-11-22(12-14-23)21-9-5-2-6-10-21/h1-16,18H,17,19H2,(H,28,30,33). The third kappa shape index (κ3) is 5.18. The Morgan fingerprint density at radius 2 is 1.50 bits per heavy atom. The van der Waals surface area contributed by atoms with Gasteiger partial charge in [0.05, 0.1) is 6.54 Å². The number of anilines is 1. The molecule has 1 N–H and O–H groups in total. The zero-order valence-electron chi connectivity index (χ0n) is 18.3. The lowest BCUT2D eigenvalue weighted by Gasteiger charge is -2.07. The van der Waals surface area contributed by atoms with Gasteiger partial charge in [-0.25, -0.2) is 14.3 Å². The molecule has 0 unspecified atom stereocenters. The summed E-state index contributed by atoms with van der Waals surface area (Å²) < 4.78 is 9.02. The average Bonchev–Trinajstić information content (AvgIpc) is 3.54. The van der Waals surface area contributed by atoms with Crippen LogP contribution < -0.4 is 10.1 Å². The molecular weight excluding hydrogens is 428 g/mol. The summed E-state index contributed by atoms with van der Waals surface area (Å²) in [5.41, 5.74) is 3.61. The van der Waals surface area contributed by atoms with Gasteiger partial charge in [-0.1, -0.05) is 72.8 Å². The highest BCUT2D eigenvalue weighted by molar-refractivity contribution is 6.01. The molecule has 2 heterocycles. The number of amides is 1. The summed E-state index contributed by atoms with van der Waals surface area (Å²) in [7, 11) is 0. The maximum absolute atomic E-state index is 12.5. The second kappa shape index (κ2) is 9.83. The van der Waals surface area contributed by atoms with Gasteiger partial charge in [-0.15, -0.1) is 5.10 Å². The lowest BCUT2D eigenvalue weighted by molar-refractivity contribution is 0.101. The van der Waals surface area contributed by atoms with Crippen molar-refractivity contribution in [3.05, 3.63) is 115 Å². The van der Waals surface area contributed by atoms with Crippen LogP contribution in [0.2, 0.25) is 0 Å². The van der Waals surface area contributed by atoms with Crippen molar-refractivity contribution in [3.63, 3.8) is 0 Å². The van der Waals surface area contributed by atoms with Gasteiger partial charge in [0.1, 0.15) is 12.1 Å². The molecule has 5 rings (SSSR count). The Hall–Kier alpha value is -4.72. The number of carbonyl (C=O) groups is 1. The van der Waals surface area contributed by atoms with E-state index in [0.29, 0.717) is 12.3 Å². The number of nitrogens with zero attached hydrogens (tertiary/aromatic N) is 5. The molecule has 0 atom stereocenters. The van der Waals surface area contributed by atoms with E-state index in [-0.39, 0.29) is 24.3 Å². The van der Waals surface area contributed by atoms with E-state index >= 15 is 0 Å². The lowest BCUT2D eigenvalue weighted by atomic mass is 10.1. The maximum atomic E-state index is 12.5. The van der Waals surface area contributed by atoms with E-state index < -0.39 is 0 Å². The SMILES string of the molecule is O=C(Nc1ncn(Cc2ccccc2)n1)c1ccn(COc2ccc(-c3ccccc3)cc2)n1. The highest BCUT2D eigenvalue weighted by atomic mass is 16.5. The minimum atomic E-state index is -0.386. The van der Waals surface area contributed by atoms with Crippen molar-refractivity contribution < 1.29 is 9.53 Å². The molecule has 8 heteroatoms.